The van der Waals surface area contributed by atoms with Crippen LogP contribution in [0.2, 0.25) is 5.15 Å². The predicted molar refractivity (Wildman–Crippen MR) is 69.9 cm³/mol. The van der Waals surface area contributed by atoms with Crippen molar-refractivity contribution in [3.63, 3.8) is 0 Å². The van der Waals surface area contributed by atoms with Gasteiger partial charge in [0.05, 0.1) is 0 Å². The van der Waals surface area contributed by atoms with E-state index in [1.54, 1.807) is 0 Å². The highest BCUT2D eigenvalue weighted by Gasteiger charge is 2.05. The van der Waals surface area contributed by atoms with Gasteiger partial charge in [0.2, 0.25) is 5.91 Å². The van der Waals surface area contributed by atoms with E-state index in [2.05, 4.69) is 20.8 Å². The molecule has 0 aliphatic rings. The summed E-state index contributed by atoms with van der Waals surface area (Å²) < 4.78 is 0. The first kappa shape index (κ1) is 12.3. The topological polar surface area (TPSA) is 66.9 Å². The fourth-order valence-electron chi connectivity index (χ4n) is 1.35. The third-order valence-electron chi connectivity index (χ3n) is 2.09. The lowest BCUT2D eigenvalue weighted by molar-refractivity contribution is -0.118. The average molecular weight is 263 g/mol. The molecule has 0 saturated heterocycles. The Morgan fingerprint density at radius 3 is 2.61 bits per heavy atom. The van der Waals surface area contributed by atoms with Crippen LogP contribution < -0.4 is 10.9 Å². The van der Waals surface area contributed by atoms with Crippen molar-refractivity contribution in [2.75, 3.05) is 5.43 Å². The maximum Gasteiger partial charge on any atom is 0.235 e. The molecule has 1 aromatic heterocycles. The Bertz CT molecular complexity index is 559. The minimum atomic E-state index is -0.217. The highest BCUT2D eigenvalue weighted by atomic mass is 35.5. The molecular formula is C12H11ClN4O. The van der Waals surface area contributed by atoms with Crippen molar-refractivity contribution in [2.24, 2.45) is 0 Å². The first-order valence-electron chi connectivity index (χ1n) is 5.28. The number of nitrogens with one attached hydrogen (secondary N) is 2. The standard InChI is InChI=1S/C12H11ClN4O/c1-8(18)16-17-11-7-10(13)14-12(15-11)9-5-3-2-4-6-9/h2-7H,1H3,(H,16,18)(H,14,15,17). The number of anilines is 1. The maximum atomic E-state index is 10.8. The zero-order valence-corrected chi connectivity index (χ0v) is 10.4. The summed E-state index contributed by atoms with van der Waals surface area (Å²) in [6.45, 7) is 1.40. The minimum Gasteiger partial charge on any atom is -0.282 e. The van der Waals surface area contributed by atoms with Crippen LogP contribution >= 0.6 is 11.6 Å². The number of nitrogens with zero attached hydrogens (tertiary/aromatic N) is 2. The van der Waals surface area contributed by atoms with Crippen LogP contribution in [0.1, 0.15) is 6.92 Å². The van der Waals surface area contributed by atoms with E-state index in [1.807, 2.05) is 30.3 Å². The second-order valence-corrected chi connectivity index (χ2v) is 3.96. The highest BCUT2D eigenvalue weighted by molar-refractivity contribution is 6.29. The number of amides is 1. The van der Waals surface area contributed by atoms with E-state index < -0.39 is 0 Å². The van der Waals surface area contributed by atoms with Crippen LogP contribution in [0.25, 0.3) is 11.4 Å². The summed E-state index contributed by atoms with van der Waals surface area (Å²) in [7, 11) is 0. The molecule has 5 nitrogen and oxygen atoms in total. The second-order valence-electron chi connectivity index (χ2n) is 3.57. The maximum absolute atomic E-state index is 10.8. The van der Waals surface area contributed by atoms with Crippen molar-refractivity contribution in [3.8, 4) is 11.4 Å². The zero-order valence-electron chi connectivity index (χ0n) is 9.64. The molecule has 2 aromatic rings. The molecule has 0 aliphatic carbocycles. The van der Waals surface area contributed by atoms with Crippen LogP contribution in [0, 0.1) is 0 Å². The number of hydrogen-bond donors (Lipinski definition) is 2. The van der Waals surface area contributed by atoms with Crippen molar-refractivity contribution in [2.45, 2.75) is 6.92 Å². The van der Waals surface area contributed by atoms with Gasteiger partial charge in [0.25, 0.3) is 0 Å². The number of carbonyl (C=O) groups excluding carboxylic acids is 1. The number of rotatable bonds is 3. The molecule has 0 radical (unpaired) electrons. The summed E-state index contributed by atoms with van der Waals surface area (Å²) in [6.07, 6.45) is 0. The molecule has 0 saturated carbocycles. The van der Waals surface area contributed by atoms with Crippen molar-refractivity contribution in [1.82, 2.24) is 15.4 Å². The number of halogens is 1. The smallest absolute Gasteiger partial charge is 0.235 e. The van der Waals surface area contributed by atoms with E-state index in [4.69, 9.17) is 11.6 Å². The summed E-state index contributed by atoms with van der Waals surface area (Å²) in [5.41, 5.74) is 5.94. The molecule has 6 heteroatoms. The van der Waals surface area contributed by atoms with E-state index in [1.165, 1.54) is 13.0 Å². The molecule has 0 unspecified atom stereocenters. The number of hydrogen-bond acceptors (Lipinski definition) is 4. The molecule has 0 fully saturated rings. The second kappa shape index (κ2) is 5.46. The van der Waals surface area contributed by atoms with Gasteiger partial charge in [-0.3, -0.25) is 15.6 Å². The fourth-order valence-corrected chi connectivity index (χ4v) is 1.53. The van der Waals surface area contributed by atoms with Crippen molar-refractivity contribution < 1.29 is 4.79 Å². The van der Waals surface area contributed by atoms with Crippen LogP contribution in [0.15, 0.2) is 36.4 Å². The van der Waals surface area contributed by atoms with Crippen LogP contribution in [0.5, 0.6) is 0 Å². The fraction of sp³-hybridized carbons (Fsp3) is 0.0833. The Morgan fingerprint density at radius 1 is 1.22 bits per heavy atom. The van der Waals surface area contributed by atoms with Gasteiger partial charge in [-0.1, -0.05) is 41.9 Å². The molecule has 18 heavy (non-hydrogen) atoms. The van der Waals surface area contributed by atoms with Crippen molar-refractivity contribution >= 4 is 23.3 Å². The molecule has 2 rings (SSSR count). The molecule has 0 bridgehead atoms. The Balaban J connectivity index is 2.29. The Labute approximate surface area is 109 Å². The Morgan fingerprint density at radius 2 is 1.94 bits per heavy atom. The van der Waals surface area contributed by atoms with Gasteiger partial charge in [0, 0.05) is 18.6 Å². The molecule has 0 spiro atoms. The first-order valence-corrected chi connectivity index (χ1v) is 5.65. The van der Waals surface area contributed by atoms with Crippen LogP contribution in [-0.2, 0) is 4.79 Å². The van der Waals surface area contributed by atoms with E-state index in [9.17, 15) is 4.79 Å². The number of benzene rings is 1. The molecule has 0 atom stereocenters. The van der Waals surface area contributed by atoms with Crippen LogP contribution in [-0.4, -0.2) is 15.9 Å². The molecule has 2 N–H and O–H groups in total. The molecule has 92 valence electrons. The number of hydrazine groups is 1. The Kier molecular flexibility index (Phi) is 3.74. The van der Waals surface area contributed by atoms with Gasteiger partial charge in [-0.25, -0.2) is 9.97 Å². The zero-order chi connectivity index (χ0) is 13.0. The summed E-state index contributed by atoms with van der Waals surface area (Å²) in [5.74, 6) is 0.714. The van der Waals surface area contributed by atoms with Gasteiger partial charge in [0.15, 0.2) is 5.82 Å². The number of aromatic nitrogens is 2. The van der Waals surface area contributed by atoms with Crippen molar-refractivity contribution in [1.29, 1.82) is 0 Å². The quantitative estimate of drug-likeness (QED) is 0.658. The third kappa shape index (κ3) is 3.18. The summed E-state index contributed by atoms with van der Waals surface area (Å²) in [6, 6.07) is 11.0. The van der Waals surface area contributed by atoms with Gasteiger partial charge in [0.1, 0.15) is 11.0 Å². The van der Waals surface area contributed by atoms with Gasteiger partial charge < -0.3 is 0 Å². The third-order valence-corrected chi connectivity index (χ3v) is 2.29. The van der Waals surface area contributed by atoms with Crippen LogP contribution in [0.4, 0.5) is 5.82 Å². The lowest BCUT2D eigenvalue weighted by Crippen LogP contribution is -2.27. The van der Waals surface area contributed by atoms with Gasteiger partial charge >= 0.3 is 0 Å². The predicted octanol–water partition coefficient (Wildman–Crippen LogP) is 2.26. The van der Waals surface area contributed by atoms with E-state index in [0.717, 1.165) is 5.56 Å². The van der Waals surface area contributed by atoms with Gasteiger partial charge in [-0.2, -0.15) is 0 Å². The van der Waals surface area contributed by atoms with Gasteiger partial charge in [-0.15, -0.1) is 0 Å². The van der Waals surface area contributed by atoms with E-state index in [0.29, 0.717) is 16.8 Å². The first-order chi connectivity index (χ1) is 8.65. The molecular weight excluding hydrogens is 252 g/mol. The SMILES string of the molecule is CC(=O)NNc1cc(Cl)nc(-c2ccccc2)n1. The highest BCUT2D eigenvalue weighted by Crippen LogP contribution is 2.19. The van der Waals surface area contributed by atoms with Crippen LogP contribution in [0.3, 0.4) is 0 Å². The molecule has 1 heterocycles. The van der Waals surface area contributed by atoms with E-state index >= 15 is 0 Å². The number of carbonyl (C=O) groups is 1. The largest absolute Gasteiger partial charge is 0.282 e. The average Bonchev–Trinajstić information content (AvgIpc) is 2.37. The lowest BCUT2D eigenvalue weighted by atomic mass is 10.2. The van der Waals surface area contributed by atoms with Crippen molar-refractivity contribution in [3.05, 3.63) is 41.6 Å². The summed E-state index contributed by atoms with van der Waals surface area (Å²) in [5, 5.41) is 0.303. The summed E-state index contributed by atoms with van der Waals surface area (Å²) in [4.78, 5) is 19.2. The lowest BCUT2D eigenvalue weighted by Gasteiger charge is -2.07. The Hall–Kier alpha value is -2.14. The molecule has 0 aliphatic heterocycles. The summed E-state index contributed by atoms with van der Waals surface area (Å²) >= 11 is 5.91. The molecule has 1 amide bonds. The minimum absolute atomic E-state index is 0.217. The van der Waals surface area contributed by atoms with E-state index in [-0.39, 0.29) is 5.91 Å². The normalized spacial score (nSPS) is 9.89. The monoisotopic (exact) mass is 262 g/mol. The molecule has 1 aromatic carbocycles. The van der Waals surface area contributed by atoms with Gasteiger partial charge in [-0.05, 0) is 0 Å².